The predicted molar refractivity (Wildman–Crippen MR) is 191 cm³/mol. The summed E-state index contributed by atoms with van der Waals surface area (Å²) in [6.45, 7) is 2.25. The lowest BCUT2D eigenvalue weighted by Gasteiger charge is -2.52. The van der Waals surface area contributed by atoms with Crippen molar-refractivity contribution in [3.63, 3.8) is 0 Å². The summed E-state index contributed by atoms with van der Waals surface area (Å²) in [6, 6.07) is 16.2. The quantitative estimate of drug-likeness (QED) is 0.165. The highest BCUT2D eigenvalue weighted by Crippen LogP contribution is 2.52. The minimum atomic E-state index is -2.81. The second-order valence-electron chi connectivity index (χ2n) is 14.2. The molecule has 0 aromatic heterocycles. The molecule has 3 aromatic rings. The third-order valence-corrected chi connectivity index (χ3v) is 10.9. The Labute approximate surface area is 306 Å². The van der Waals surface area contributed by atoms with E-state index in [9.17, 15) is 39.0 Å². The average molecular weight is 726 g/mol. The van der Waals surface area contributed by atoms with E-state index in [0.717, 1.165) is 11.1 Å². The van der Waals surface area contributed by atoms with Gasteiger partial charge in [0.25, 0.3) is 0 Å². The molecule has 7 atom stereocenters. The molecular weight excluding hydrogens is 682 g/mol. The molecule has 0 aliphatic heterocycles. The summed E-state index contributed by atoms with van der Waals surface area (Å²) in [5, 5.41) is 26.3. The number of primary amides is 1. The zero-order chi connectivity index (χ0) is 38.4. The number of aromatic hydroxyl groups is 1. The molecule has 3 aromatic carbocycles. The molecular formula is C40H43N3O10. The molecule has 3 aliphatic rings. The van der Waals surface area contributed by atoms with Gasteiger partial charge in [-0.25, -0.2) is 0 Å². The molecule has 53 heavy (non-hydrogen) atoms. The summed E-state index contributed by atoms with van der Waals surface area (Å²) in [6.07, 6.45) is 0.419. The number of nitrogens with zero attached hydrogens (tertiary/aromatic N) is 1. The number of phenolic OH excluding ortho intramolecular Hbond substituents is 1. The van der Waals surface area contributed by atoms with Gasteiger partial charge in [-0.15, -0.1) is 0 Å². The lowest BCUT2D eigenvalue weighted by atomic mass is 9.52. The molecule has 4 unspecified atom stereocenters. The lowest BCUT2D eigenvalue weighted by molar-refractivity contribution is -0.181. The van der Waals surface area contributed by atoms with E-state index < -0.39 is 70.4 Å². The van der Waals surface area contributed by atoms with Crippen LogP contribution in [0.4, 0.5) is 0 Å². The van der Waals surface area contributed by atoms with Crippen LogP contribution in [0.15, 0.2) is 60.7 Å². The maximum Gasteiger partial charge on any atom is 0.323 e. The summed E-state index contributed by atoms with van der Waals surface area (Å²) in [5.41, 5.74) is 5.80. The molecule has 3 aliphatic carbocycles. The number of phenols is 1. The van der Waals surface area contributed by atoms with Crippen molar-refractivity contribution in [2.45, 2.75) is 50.4 Å². The number of benzene rings is 3. The van der Waals surface area contributed by atoms with E-state index in [0.29, 0.717) is 28.9 Å². The number of esters is 1. The summed E-state index contributed by atoms with van der Waals surface area (Å²) < 4.78 is 11.1. The standard InChI is InChI=1S/C40H43N3O10/c1-5-53-39(50)27(16-20-9-7-6-8-10-20)42-19-21-11-14-29(52-4)24(15-21)23-12-13-28(44)31-25(23)17-22-18-26-33(43(2)3)35(46)32(38(41)49)37(48)40(26,51)36(47)30(22)34(31)45/h6-15,22,26-27,30,32-33,42,44,51H,5,16-19H2,1-4H3,(H2,41,49)/t22-,26-,27?,30?,32?,33?,40-/m1/s1. The van der Waals surface area contributed by atoms with Crippen LogP contribution in [0.5, 0.6) is 11.5 Å². The fraction of sp³-hybridized carbons (Fsp3) is 0.400. The monoisotopic (exact) mass is 725 g/mol. The SMILES string of the molecule is CCOC(=O)C(Cc1ccccc1)NCc1ccc(OC)c(-c2ccc(O)c3c2C[C@@H]2C[C@@H]4C(N(C)C)C(=O)C(C(N)=O)C(=O)[C@]4(O)C(=O)C2C3=O)c1. The molecule has 278 valence electrons. The molecule has 2 saturated carbocycles. The Morgan fingerprint density at radius 1 is 1.00 bits per heavy atom. The number of ketones is 4. The normalized spacial score (nSPS) is 25.7. The third-order valence-electron chi connectivity index (χ3n) is 10.9. The third kappa shape index (κ3) is 6.42. The number of methoxy groups -OCH3 is 1. The van der Waals surface area contributed by atoms with Crippen LogP contribution < -0.4 is 15.8 Å². The number of nitrogens with one attached hydrogen (secondary N) is 1. The number of likely N-dealkylation sites (N-methyl/N-ethyl adjacent to an activating group) is 1. The zero-order valence-electron chi connectivity index (χ0n) is 30.0. The number of carbonyl (C=O) groups is 6. The van der Waals surface area contributed by atoms with Gasteiger partial charge < -0.3 is 30.7 Å². The van der Waals surface area contributed by atoms with E-state index in [1.165, 1.54) is 32.2 Å². The summed E-state index contributed by atoms with van der Waals surface area (Å²) in [5.74, 6) is -11.1. The number of aliphatic hydroxyl groups is 1. The van der Waals surface area contributed by atoms with Crippen LogP contribution in [-0.2, 0) is 48.1 Å². The van der Waals surface area contributed by atoms with E-state index in [-0.39, 0.29) is 43.3 Å². The number of amides is 1. The molecule has 0 radical (unpaired) electrons. The molecule has 0 saturated heterocycles. The van der Waals surface area contributed by atoms with Crippen LogP contribution in [0.2, 0.25) is 0 Å². The Kier molecular flexibility index (Phi) is 10.4. The van der Waals surface area contributed by atoms with Crippen molar-refractivity contribution in [3.05, 3.63) is 82.9 Å². The van der Waals surface area contributed by atoms with E-state index >= 15 is 0 Å². The highest BCUT2D eigenvalue weighted by molar-refractivity contribution is 6.32. The van der Waals surface area contributed by atoms with Crippen molar-refractivity contribution in [2.24, 2.45) is 29.4 Å². The fourth-order valence-corrected chi connectivity index (χ4v) is 8.51. The predicted octanol–water partition coefficient (Wildman–Crippen LogP) is 1.81. The van der Waals surface area contributed by atoms with Gasteiger partial charge in [0.1, 0.15) is 17.5 Å². The molecule has 2 fully saturated rings. The van der Waals surface area contributed by atoms with Crippen molar-refractivity contribution in [2.75, 3.05) is 27.8 Å². The fourth-order valence-electron chi connectivity index (χ4n) is 8.51. The topological polar surface area (TPSA) is 203 Å². The minimum Gasteiger partial charge on any atom is -0.507 e. The van der Waals surface area contributed by atoms with E-state index in [1.807, 2.05) is 42.5 Å². The molecule has 6 rings (SSSR count). The van der Waals surface area contributed by atoms with Crippen molar-refractivity contribution in [1.29, 1.82) is 0 Å². The molecule has 5 N–H and O–H groups in total. The summed E-state index contributed by atoms with van der Waals surface area (Å²) in [7, 11) is 4.57. The van der Waals surface area contributed by atoms with Crippen LogP contribution in [0.3, 0.4) is 0 Å². The van der Waals surface area contributed by atoms with Crippen molar-refractivity contribution >= 4 is 35.0 Å². The van der Waals surface area contributed by atoms with Crippen LogP contribution in [-0.4, -0.2) is 95.6 Å². The van der Waals surface area contributed by atoms with Crippen LogP contribution in [0, 0.1) is 23.7 Å². The van der Waals surface area contributed by atoms with E-state index in [2.05, 4.69) is 5.32 Å². The van der Waals surface area contributed by atoms with Crippen molar-refractivity contribution in [1.82, 2.24) is 10.2 Å². The summed E-state index contributed by atoms with van der Waals surface area (Å²) in [4.78, 5) is 82.2. The Bertz CT molecular complexity index is 2000. The van der Waals surface area contributed by atoms with Gasteiger partial charge in [0.2, 0.25) is 5.91 Å². The number of rotatable bonds is 11. The second kappa shape index (κ2) is 14.6. The number of Topliss-reactive ketones (excluding diaryl/α,β-unsaturated/α-hetero) is 4. The van der Waals surface area contributed by atoms with Crippen molar-refractivity contribution < 1.29 is 48.5 Å². The Morgan fingerprint density at radius 3 is 2.36 bits per heavy atom. The number of nitrogens with two attached hydrogens (primary N) is 1. The zero-order valence-corrected chi connectivity index (χ0v) is 30.0. The first-order valence-corrected chi connectivity index (χ1v) is 17.5. The van der Waals surface area contributed by atoms with Gasteiger partial charge in [0.05, 0.1) is 31.2 Å². The lowest BCUT2D eigenvalue weighted by Crippen LogP contribution is -2.74. The number of ether oxygens (including phenoxy) is 2. The maximum absolute atomic E-state index is 14.3. The smallest absolute Gasteiger partial charge is 0.323 e. The van der Waals surface area contributed by atoms with Gasteiger partial charge in [-0.1, -0.05) is 42.5 Å². The minimum absolute atomic E-state index is 0.0727. The van der Waals surface area contributed by atoms with Crippen molar-refractivity contribution in [3.8, 4) is 22.6 Å². The number of hydrogen-bond acceptors (Lipinski definition) is 12. The first-order valence-electron chi connectivity index (χ1n) is 17.5. The van der Waals surface area contributed by atoms with Crippen LogP contribution in [0.1, 0.15) is 40.4 Å². The Hall–Kier alpha value is -5.24. The first kappa shape index (κ1) is 37.5. The van der Waals surface area contributed by atoms with Crippen LogP contribution >= 0.6 is 0 Å². The largest absolute Gasteiger partial charge is 0.507 e. The molecule has 13 heteroatoms. The van der Waals surface area contributed by atoms with Gasteiger partial charge in [-0.2, -0.15) is 0 Å². The Morgan fingerprint density at radius 2 is 1.72 bits per heavy atom. The Balaban J connectivity index is 1.37. The van der Waals surface area contributed by atoms with E-state index in [1.54, 1.807) is 19.1 Å². The average Bonchev–Trinajstić information content (AvgIpc) is 3.12. The van der Waals surface area contributed by atoms with Gasteiger partial charge in [0, 0.05) is 18.0 Å². The number of hydrogen-bond donors (Lipinski definition) is 4. The number of fused-ring (bicyclic) bond motifs is 3. The second-order valence-corrected chi connectivity index (χ2v) is 14.2. The molecule has 0 spiro atoms. The van der Waals surface area contributed by atoms with Crippen LogP contribution in [0.25, 0.3) is 11.1 Å². The van der Waals surface area contributed by atoms with Gasteiger partial charge >= 0.3 is 5.97 Å². The highest BCUT2D eigenvalue weighted by Gasteiger charge is 2.69. The van der Waals surface area contributed by atoms with Gasteiger partial charge in [-0.3, -0.25) is 33.7 Å². The first-order chi connectivity index (χ1) is 25.2. The molecule has 0 bridgehead atoms. The molecule has 1 amide bonds. The summed E-state index contributed by atoms with van der Waals surface area (Å²) >= 11 is 0. The highest BCUT2D eigenvalue weighted by atomic mass is 16.5. The number of carbonyl (C=O) groups excluding carboxylic acids is 6. The van der Waals surface area contributed by atoms with E-state index in [4.69, 9.17) is 15.2 Å². The van der Waals surface area contributed by atoms with Gasteiger partial charge in [0.15, 0.2) is 34.7 Å². The molecule has 0 heterocycles. The maximum atomic E-state index is 14.3. The van der Waals surface area contributed by atoms with Gasteiger partial charge in [-0.05, 0) is 86.7 Å². The molecule has 13 nitrogen and oxygen atoms in total.